The summed E-state index contributed by atoms with van der Waals surface area (Å²) in [7, 11) is 0. The van der Waals surface area contributed by atoms with E-state index < -0.39 is 0 Å². The van der Waals surface area contributed by atoms with Gasteiger partial charge in [-0.3, -0.25) is 4.68 Å². The molecule has 1 heterocycles. The van der Waals surface area contributed by atoms with Crippen LogP contribution in [0.3, 0.4) is 0 Å². The number of anilines is 1. The van der Waals surface area contributed by atoms with Crippen LogP contribution in [0.5, 0.6) is 0 Å². The average Bonchev–Trinajstić information content (AvgIpc) is 2.77. The Labute approximate surface area is 108 Å². The molecule has 0 amide bonds. The molecule has 6 heteroatoms. The molecule has 0 atom stereocenters. The smallest absolute Gasteiger partial charge is 0.121 e. The number of aromatic nitrogens is 2. The Bertz CT molecular complexity index is 363. The van der Waals surface area contributed by atoms with Crippen LogP contribution in [0, 0.1) is 11.3 Å². The molecule has 100 valence electrons. The van der Waals surface area contributed by atoms with Gasteiger partial charge in [0.1, 0.15) is 5.82 Å². The summed E-state index contributed by atoms with van der Waals surface area (Å²) in [5.74, 6) is 0.747. The first kappa shape index (κ1) is 16.0. The summed E-state index contributed by atoms with van der Waals surface area (Å²) in [6, 6.07) is 3.81. The van der Waals surface area contributed by atoms with E-state index in [4.69, 9.17) is 11.0 Å². The lowest BCUT2D eigenvalue weighted by Crippen LogP contribution is -2.05. The maximum absolute atomic E-state index is 8.08. The minimum absolute atomic E-state index is 0.515. The molecule has 3 N–H and O–H groups in total. The van der Waals surface area contributed by atoms with Gasteiger partial charge in [-0.15, -0.1) is 0 Å². The summed E-state index contributed by atoms with van der Waals surface area (Å²) in [6.45, 7) is 5.67. The van der Waals surface area contributed by atoms with Crippen molar-refractivity contribution in [3.8, 4) is 6.07 Å². The number of nitrogens with zero attached hydrogens (tertiary/aromatic N) is 4. The predicted molar refractivity (Wildman–Crippen MR) is 73.9 cm³/mol. The predicted octanol–water partition coefficient (Wildman–Crippen LogP) is 1.76. The van der Waals surface area contributed by atoms with Crippen molar-refractivity contribution in [1.82, 2.24) is 15.2 Å². The largest absolute Gasteiger partial charge is 0.384 e. The molecule has 0 bridgehead atoms. The van der Waals surface area contributed by atoms with Crippen molar-refractivity contribution in [3.05, 3.63) is 12.3 Å². The van der Waals surface area contributed by atoms with Gasteiger partial charge in [0.2, 0.25) is 0 Å². The average molecular weight is 250 g/mol. The Hall–Kier alpha value is -2.03. The van der Waals surface area contributed by atoms with Crippen LogP contribution in [0.1, 0.15) is 33.1 Å². The number of rotatable bonds is 6. The van der Waals surface area contributed by atoms with E-state index in [2.05, 4.69) is 22.5 Å². The van der Waals surface area contributed by atoms with Crippen molar-refractivity contribution < 1.29 is 0 Å². The molecule has 18 heavy (non-hydrogen) atoms. The first-order valence-corrected chi connectivity index (χ1v) is 6.14. The van der Waals surface area contributed by atoms with Gasteiger partial charge in [0.25, 0.3) is 0 Å². The quantitative estimate of drug-likeness (QED) is 0.457. The van der Waals surface area contributed by atoms with E-state index in [1.54, 1.807) is 23.2 Å². The zero-order valence-electron chi connectivity index (χ0n) is 11.1. The van der Waals surface area contributed by atoms with Crippen LogP contribution in [0.2, 0.25) is 0 Å². The molecule has 1 aromatic heterocycles. The van der Waals surface area contributed by atoms with Gasteiger partial charge in [0.05, 0.1) is 18.7 Å². The third kappa shape index (κ3) is 8.16. The third-order valence-electron chi connectivity index (χ3n) is 1.90. The highest BCUT2D eigenvalue weighted by molar-refractivity contribution is 5.55. The first-order chi connectivity index (χ1) is 8.76. The summed E-state index contributed by atoms with van der Waals surface area (Å²) in [4.78, 5) is 0. The normalized spacial score (nSPS) is 9.61. The second-order valence-corrected chi connectivity index (χ2v) is 3.52. The van der Waals surface area contributed by atoms with Crippen molar-refractivity contribution in [1.29, 1.82) is 5.26 Å². The van der Waals surface area contributed by atoms with Gasteiger partial charge < -0.3 is 11.2 Å². The Balaban J connectivity index is 0.000000321. The summed E-state index contributed by atoms with van der Waals surface area (Å²) in [6.07, 6.45) is 6.01. The molecule has 0 aliphatic carbocycles. The molecule has 0 radical (unpaired) electrons. The van der Waals surface area contributed by atoms with Crippen LogP contribution < -0.4 is 11.2 Å². The topological polar surface area (TPSA) is 92.0 Å². The summed E-state index contributed by atoms with van der Waals surface area (Å²) < 4.78 is 1.79. The molecule has 0 aliphatic heterocycles. The van der Waals surface area contributed by atoms with E-state index in [9.17, 15) is 0 Å². The molecule has 1 rings (SSSR count). The van der Waals surface area contributed by atoms with Crippen LogP contribution in [-0.2, 0) is 6.54 Å². The molecule has 1 aromatic rings. The molecule has 6 nitrogen and oxygen atoms in total. The Kier molecular flexibility index (Phi) is 10.2. The first-order valence-electron chi connectivity index (χ1n) is 6.14. The molecule has 0 unspecified atom stereocenters. The molecule has 0 fully saturated rings. The number of nitrogens with one attached hydrogen (secondary N) is 1. The Morgan fingerprint density at radius 2 is 2.39 bits per heavy atom. The maximum atomic E-state index is 8.08. The number of nitrogen functional groups attached to an aromatic ring is 1. The lowest BCUT2D eigenvalue weighted by atomic mass is 10.5. The highest BCUT2D eigenvalue weighted by Crippen LogP contribution is 1.99. The highest BCUT2D eigenvalue weighted by atomic mass is 15.3. The fraction of sp³-hybridized carbons (Fsp3) is 0.583. The molecular formula is C12H22N6. The molecule has 0 aromatic carbocycles. The van der Waals surface area contributed by atoms with E-state index in [1.807, 2.05) is 13.0 Å². The number of aryl methyl sites for hydroxylation is 1. The standard InChI is InChI=1S/2C6H11N3/c1-2-5-9-6(7)3-4-8-9;1-2-5-8-9-6-3-4-7/h3-4H,2,5,7H2,1H3;5,9H,2-3,6H2,1H3/b;8-5+. The lowest BCUT2D eigenvalue weighted by molar-refractivity contribution is 0.611. The monoisotopic (exact) mass is 250 g/mol. The summed E-state index contributed by atoms with van der Waals surface area (Å²) in [5.41, 5.74) is 8.26. The number of hydrazone groups is 1. The second kappa shape index (κ2) is 11.5. The van der Waals surface area contributed by atoms with Gasteiger partial charge in [-0.25, -0.2) is 0 Å². The fourth-order valence-electron chi connectivity index (χ4n) is 1.07. The maximum Gasteiger partial charge on any atom is 0.121 e. The van der Waals surface area contributed by atoms with Crippen molar-refractivity contribution in [2.45, 2.75) is 39.7 Å². The van der Waals surface area contributed by atoms with E-state index in [-0.39, 0.29) is 0 Å². The third-order valence-corrected chi connectivity index (χ3v) is 1.90. The number of nitrogens with two attached hydrogens (primary N) is 1. The Morgan fingerprint density at radius 3 is 2.89 bits per heavy atom. The van der Waals surface area contributed by atoms with Gasteiger partial charge in [-0.2, -0.15) is 15.5 Å². The van der Waals surface area contributed by atoms with Crippen LogP contribution in [-0.4, -0.2) is 22.5 Å². The zero-order valence-corrected chi connectivity index (χ0v) is 11.1. The number of hydrogen-bond donors (Lipinski definition) is 2. The minimum atomic E-state index is 0.515. The van der Waals surface area contributed by atoms with Crippen LogP contribution >= 0.6 is 0 Å². The Morgan fingerprint density at radius 1 is 1.61 bits per heavy atom. The fourth-order valence-corrected chi connectivity index (χ4v) is 1.07. The van der Waals surface area contributed by atoms with Gasteiger partial charge in [0, 0.05) is 19.3 Å². The second-order valence-electron chi connectivity index (χ2n) is 3.52. The van der Waals surface area contributed by atoms with Gasteiger partial charge in [0.15, 0.2) is 0 Å². The van der Waals surface area contributed by atoms with Crippen molar-refractivity contribution in [2.75, 3.05) is 12.3 Å². The molecule has 0 saturated heterocycles. The molecular weight excluding hydrogens is 228 g/mol. The zero-order chi connectivity index (χ0) is 13.6. The molecule has 0 saturated carbocycles. The number of nitriles is 1. The molecule has 0 spiro atoms. The van der Waals surface area contributed by atoms with Gasteiger partial charge in [-0.1, -0.05) is 13.8 Å². The van der Waals surface area contributed by atoms with Gasteiger partial charge in [-0.05, 0) is 18.9 Å². The van der Waals surface area contributed by atoms with Crippen LogP contribution in [0.15, 0.2) is 17.4 Å². The highest BCUT2D eigenvalue weighted by Gasteiger charge is 1.92. The minimum Gasteiger partial charge on any atom is -0.384 e. The van der Waals surface area contributed by atoms with Crippen LogP contribution in [0.4, 0.5) is 5.82 Å². The van der Waals surface area contributed by atoms with E-state index in [0.717, 1.165) is 25.2 Å². The van der Waals surface area contributed by atoms with Crippen LogP contribution in [0.25, 0.3) is 0 Å². The summed E-state index contributed by atoms with van der Waals surface area (Å²) in [5, 5.41) is 15.9. The van der Waals surface area contributed by atoms with E-state index in [1.165, 1.54) is 0 Å². The number of hydrogen-bond acceptors (Lipinski definition) is 5. The van der Waals surface area contributed by atoms with Crippen molar-refractivity contribution in [3.63, 3.8) is 0 Å². The summed E-state index contributed by atoms with van der Waals surface area (Å²) >= 11 is 0. The SMILES string of the molecule is CC/C=N/NCCC#N.CCCn1nccc1N. The van der Waals surface area contributed by atoms with Crippen molar-refractivity contribution in [2.24, 2.45) is 5.10 Å². The molecule has 0 aliphatic rings. The van der Waals surface area contributed by atoms with Crippen molar-refractivity contribution >= 4 is 12.0 Å². The lowest BCUT2D eigenvalue weighted by Gasteiger charge is -1.98. The van der Waals surface area contributed by atoms with E-state index >= 15 is 0 Å². The van der Waals surface area contributed by atoms with Gasteiger partial charge >= 0.3 is 0 Å². The van der Waals surface area contributed by atoms with E-state index in [0.29, 0.717) is 13.0 Å².